The van der Waals surface area contributed by atoms with E-state index in [9.17, 15) is 10.2 Å². The average molecular weight is 418 g/mol. The van der Waals surface area contributed by atoms with Crippen molar-refractivity contribution in [1.82, 2.24) is 5.32 Å². The van der Waals surface area contributed by atoms with Gasteiger partial charge in [-0.25, -0.2) is 0 Å². The molecule has 138 valence electrons. The molecule has 0 spiro atoms. The van der Waals surface area contributed by atoms with Gasteiger partial charge < -0.3 is 15.5 Å². The summed E-state index contributed by atoms with van der Waals surface area (Å²) < 4.78 is 0.662. The van der Waals surface area contributed by atoms with Crippen LogP contribution in [0, 0.1) is 0 Å². The smallest absolute Gasteiger partial charge is 0.130 e. The van der Waals surface area contributed by atoms with Crippen molar-refractivity contribution in [3.05, 3.63) is 0 Å². The summed E-state index contributed by atoms with van der Waals surface area (Å²) in [4.78, 5) is 0. The Balaban J connectivity index is 3.82. The molecule has 23 heavy (non-hydrogen) atoms. The second-order valence-corrected chi connectivity index (χ2v) is 12.8. The molecule has 0 saturated carbocycles. The van der Waals surface area contributed by atoms with Gasteiger partial charge in [-0.3, -0.25) is 0 Å². The fourth-order valence-electron chi connectivity index (χ4n) is 1.44. The zero-order chi connectivity index (χ0) is 18.1. The topological polar surface area (TPSA) is 52.5 Å². The summed E-state index contributed by atoms with van der Waals surface area (Å²) in [6.07, 6.45) is -0.684. The molecule has 0 rings (SSSR count). The van der Waals surface area contributed by atoms with E-state index in [1.807, 2.05) is 0 Å². The summed E-state index contributed by atoms with van der Waals surface area (Å²) in [6.45, 7) is 11.4. The Morgan fingerprint density at radius 3 is 1.91 bits per heavy atom. The van der Waals surface area contributed by atoms with E-state index in [0.29, 0.717) is 21.6 Å². The molecule has 0 bridgehead atoms. The highest BCUT2D eigenvalue weighted by Crippen LogP contribution is 2.26. The second-order valence-electron chi connectivity index (χ2n) is 7.00. The van der Waals surface area contributed by atoms with Gasteiger partial charge in [-0.2, -0.15) is 35.3 Å². The minimum atomic E-state index is -0.366. The maximum atomic E-state index is 10.1. The molecule has 3 N–H and O–H groups in total. The maximum Gasteiger partial charge on any atom is 0.130 e. The van der Waals surface area contributed by atoms with E-state index >= 15 is 0 Å². The summed E-state index contributed by atoms with van der Waals surface area (Å²) in [7, 11) is 0. The highest BCUT2D eigenvalue weighted by molar-refractivity contribution is 8.11. The first kappa shape index (κ1) is 24.2. The Kier molecular flexibility index (Phi) is 12.4. The molecule has 2 atom stereocenters. The normalized spacial score (nSPS) is 15.3. The zero-order valence-corrected chi connectivity index (χ0v) is 18.8. The minimum Gasteiger partial charge on any atom is -0.391 e. The van der Waals surface area contributed by atoms with Crippen molar-refractivity contribution in [3.8, 4) is 0 Å². The monoisotopic (exact) mass is 417 g/mol. The number of aliphatic hydroxyl groups is 2. The third kappa shape index (κ3) is 16.4. The number of rotatable bonds is 11. The number of aliphatic hydroxyl groups excluding tert-OH is 2. The molecular weight excluding hydrogens is 387 g/mol. The lowest BCUT2D eigenvalue weighted by molar-refractivity contribution is 0.219. The van der Waals surface area contributed by atoms with Crippen LogP contribution in [0.15, 0.2) is 0 Å². The van der Waals surface area contributed by atoms with Crippen molar-refractivity contribution in [3.63, 3.8) is 0 Å². The molecule has 0 aliphatic heterocycles. The lowest BCUT2D eigenvalue weighted by atomic mass is 10.2. The highest BCUT2D eigenvalue weighted by atomic mass is 32.2. The quantitative estimate of drug-likeness (QED) is 0.304. The zero-order valence-electron chi connectivity index (χ0n) is 14.7. The number of nitrogens with one attached hydrogen (secondary N) is 1. The lowest BCUT2D eigenvalue weighted by Crippen LogP contribution is -2.35. The molecule has 0 aliphatic carbocycles. The first-order chi connectivity index (χ1) is 10.4. The number of thioether (sulfide) groups is 3. The predicted octanol–water partition coefficient (Wildman–Crippen LogP) is 3.29. The fraction of sp³-hybridized carbons (Fsp3) is 0.933. The number of hydrogen-bond acceptors (Lipinski definition) is 6. The highest BCUT2D eigenvalue weighted by Gasteiger charge is 2.20. The van der Waals surface area contributed by atoms with E-state index in [2.05, 4.69) is 52.6 Å². The summed E-state index contributed by atoms with van der Waals surface area (Å²) in [6, 6.07) is 0. The van der Waals surface area contributed by atoms with E-state index in [-0.39, 0.29) is 21.7 Å². The van der Waals surface area contributed by atoms with E-state index in [1.54, 1.807) is 35.3 Å². The van der Waals surface area contributed by atoms with E-state index in [4.69, 9.17) is 12.2 Å². The summed E-state index contributed by atoms with van der Waals surface area (Å²) >= 11 is 14.0. The first-order valence-electron chi connectivity index (χ1n) is 7.60. The molecule has 0 aliphatic rings. The van der Waals surface area contributed by atoms with Gasteiger partial charge in [0.2, 0.25) is 0 Å². The van der Waals surface area contributed by atoms with Crippen molar-refractivity contribution in [2.45, 2.75) is 56.3 Å². The van der Waals surface area contributed by atoms with Crippen LogP contribution in [0.4, 0.5) is 0 Å². The lowest BCUT2D eigenvalue weighted by Gasteiger charge is -2.26. The van der Waals surface area contributed by atoms with Crippen LogP contribution in [0.2, 0.25) is 0 Å². The third-order valence-corrected chi connectivity index (χ3v) is 7.10. The summed E-state index contributed by atoms with van der Waals surface area (Å²) in [5.41, 5.74) is 0. The van der Waals surface area contributed by atoms with Crippen LogP contribution in [-0.2, 0) is 0 Å². The summed E-state index contributed by atoms with van der Waals surface area (Å²) in [5.74, 6) is 2.74. The van der Waals surface area contributed by atoms with E-state index < -0.39 is 0 Å². The predicted molar refractivity (Wildman–Crippen MR) is 118 cm³/mol. The molecule has 2 unspecified atom stereocenters. The molecule has 0 saturated heterocycles. The van der Waals surface area contributed by atoms with Gasteiger partial charge in [-0.1, -0.05) is 33.0 Å². The molecular formula is C15H31NO2S5. The van der Waals surface area contributed by atoms with Crippen LogP contribution in [0.1, 0.15) is 34.6 Å². The van der Waals surface area contributed by atoms with Crippen molar-refractivity contribution in [2.24, 2.45) is 0 Å². The van der Waals surface area contributed by atoms with E-state index in [0.717, 1.165) is 12.3 Å². The molecule has 0 amide bonds. The van der Waals surface area contributed by atoms with E-state index in [1.165, 1.54) is 0 Å². The van der Waals surface area contributed by atoms with Crippen LogP contribution >= 0.6 is 60.1 Å². The first-order valence-corrected chi connectivity index (χ1v) is 11.6. The van der Waals surface area contributed by atoms with Gasteiger partial charge in [0.15, 0.2) is 0 Å². The Labute approximate surface area is 165 Å². The van der Waals surface area contributed by atoms with Gasteiger partial charge in [0.1, 0.15) is 4.32 Å². The minimum absolute atomic E-state index is 0.0126. The number of thiocarbonyl (C=S) groups is 1. The molecule has 8 heteroatoms. The molecule has 0 aromatic rings. The Hall–Kier alpha value is 1.21. The van der Waals surface area contributed by atoms with Gasteiger partial charge in [-0.15, -0.1) is 12.6 Å². The van der Waals surface area contributed by atoms with Crippen LogP contribution < -0.4 is 5.32 Å². The maximum absolute atomic E-state index is 10.1. The van der Waals surface area contributed by atoms with Gasteiger partial charge in [0, 0.05) is 39.1 Å². The van der Waals surface area contributed by atoms with Gasteiger partial charge in [-0.05, 0) is 13.8 Å². The van der Waals surface area contributed by atoms with Crippen molar-refractivity contribution in [2.75, 3.05) is 29.6 Å². The molecule has 0 aromatic carbocycles. The second kappa shape index (κ2) is 11.8. The van der Waals surface area contributed by atoms with Crippen molar-refractivity contribution in [1.29, 1.82) is 0 Å². The van der Waals surface area contributed by atoms with Crippen LogP contribution in [0.3, 0.4) is 0 Å². The standard InChI is InChI=1S/C15H31NO2S5/c1-14(2,3)22-8-11(17)6-21-7-12(18)9-23-15(4,5)10-16-13(19)20/h11-12,17-18H,6-10H2,1-5H3,(H2,16,19,20). The molecule has 3 nitrogen and oxygen atoms in total. The van der Waals surface area contributed by atoms with Crippen LogP contribution in [0.5, 0.6) is 0 Å². The molecule has 0 aromatic heterocycles. The molecule has 0 radical (unpaired) electrons. The molecule has 0 heterocycles. The SMILES string of the molecule is CC(C)(C)SCC(O)CSCC(O)CSC(C)(C)CNC(=S)S. The average Bonchev–Trinajstić information content (AvgIpc) is 2.40. The Morgan fingerprint density at radius 1 is 1.00 bits per heavy atom. The largest absolute Gasteiger partial charge is 0.391 e. The van der Waals surface area contributed by atoms with Gasteiger partial charge in [0.05, 0.1) is 12.2 Å². The Morgan fingerprint density at radius 2 is 1.48 bits per heavy atom. The van der Waals surface area contributed by atoms with Gasteiger partial charge >= 0.3 is 0 Å². The van der Waals surface area contributed by atoms with Crippen molar-refractivity contribution < 1.29 is 10.2 Å². The summed E-state index contributed by atoms with van der Waals surface area (Å²) in [5, 5.41) is 23.1. The fourth-order valence-corrected chi connectivity index (χ4v) is 4.56. The van der Waals surface area contributed by atoms with Crippen LogP contribution in [0.25, 0.3) is 0 Å². The molecule has 0 fully saturated rings. The van der Waals surface area contributed by atoms with Gasteiger partial charge in [0.25, 0.3) is 0 Å². The van der Waals surface area contributed by atoms with Crippen LogP contribution in [-0.4, -0.2) is 65.8 Å². The number of hydrogen-bond donors (Lipinski definition) is 4. The third-order valence-electron chi connectivity index (χ3n) is 2.66. The van der Waals surface area contributed by atoms with Crippen molar-refractivity contribution >= 4 is 64.5 Å². The Bertz CT molecular complexity index is 347. The number of thiol groups is 1.